The third-order valence-corrected chi connectivity index (χ3v) is 5.94. The Morgan fingerprint density at radius 1 is 1.10 bits per heavy atom. The molecular weight excluding hydrogens is 396 g/mol. The minimum atomic E-state index is -0.0927. The normalized spacial score (nSPS) is 11.0. The summed E-state index contributed by atoms with van der Waals surface area (Å²) >= 11 is 1.48. The maximum Gasteiger partial charge on any atom is 0.262 e. The number of nitrogens with zero attached hydrogens (tertiary/aromatic N) is 2. The van der Waals surface area contributed by atoms with Crippen LogP contribution >= 0.6 is 11.3 Å². The molecule has 0 amide bonds. The lowest BCUT2D eigenvalue weighted by Gasteiger charge is -2.13. The molecule has 0 radical (unpaired) electrons. The van der Waals surface area contributed by atoms with Gasteiger partial charge in [0.1, 0.15) is 22.2 Å². The maximum atomic E-state index is 13.5. The van der Waals surface area contributed by atoms with Crippen molar-refractivity contribution in [2.24, 2.45) is 0 Å². The zero-order valence-electron chi connectivity index (χ0n) is 16.9. The van der Waals surface area contributed by atoms with Crippen LogP contribution in [0.2, 0.25) is 0 Å². The van der Waals surface area contributed by atoms with Crippen molar-refractivity contribution in [2.45, 2.75) is 26.3 Å². The summed E-state index contributed by atoms with van der Waals surface area (Å²) < 4.78 is 6.88. The predicted molar refractivity (Wildman–Crippen MR) is 120 cm³/mol. The van der Waals surface area contributed by atoms with E-state index in [2.05, 4.69) is 0 Å². The monoisotopic (exact) mass is 418 g/mol. The third-order valence-electron chi connectivity index (χ3n) is 5.07. The SMILES string of the molecule is COc1ccc(Cc2nc3scc(-c4ccccc4)c3c(=O)n2CCC(C)=O)cc1. The second-order valence-electron chi connectivity index (χ2n) is 7.16. The van der Waals surface area contributed by atoms with E-state index in [0.29, 0.717) is 30.6 Å². The highest BCUT2D eigenvalue weighted by Gasteiger charge is 2.17. The van der Waals surface area contributed by atoms with Crippen LogP contribution < -0.4 is 10.3 Å². The number of rotatable bonds is 7. The summed E-state index contributed by atoms with van der Waals surface area (Å²) in [4.78, 5) is 30.7. The lowest BCUT2D eigenvalue weighted by Crippen LogP contribution is -2.26. The molecule has 0 fully saturated rings. The van der Waals surface area contributed by atoms with Crippen molar-refractivity contribution in [3.8, 4) is 16.9 Å². The second-order valence-corrected chi connectivity index (χ2v) is 8.02. The Bertz CT molecular complexity index is 1240. The van der Waals surface area contributed by atoms with Crippen molar-refractivity contribution in [2.75, 3.05) is 7.11 Å². The number of methoxy groups -OCH3 is 1. The topological polar surface area (TPSA) is 61.2 Å². The molecule has 4 aromatic rings. The fourth-order valence-electron chi connectivity index (χ4n) is 3.46. The Hall–Kier alpha value is -3.25. The molecule has 4 rings (SSSR count). The van der Waals surface area contributed by atoms with Crippen LogP contribution in [0, 0.1) is 0 Å². The van der Waals surface area contributed by atoms with E-state index in [1.807, 2.05) is 60.0 Å². The summed E-state index contributed by atoms with van der Waals surface area (Å²) in [5, 5.41) is 2.61. The van der Waals surface area contributed by atoms with Crippen LogP contribution in [0.25, 0.3) is 21.3 Å². The van der Waals surface area contributed by atoms with Crippen LogP contribution in [-0.4, -0.2) is 22.4 Å². The van der Waals surface area contributed by atoms with E-state index in [4.69, 9.17) is 9.72 Å². The van der Waals surface area contributed by atoms with Gasteiger partial charge >= 0.3 is 0 Å². The molecule has 0 saturated heterocycles. The smallest absolute Gasteiger partial charge is 0.262 e. The lowest BCUT2D eigenvalue weighted by molar-refractivity contribution is -0.117. The highest BCUT2D eigenvalue weighted by Crippen LogP contribution is 2.31. The largest absolute Gasteiger partial charge is 0.497 e. The number of hydrogen-bond donors (Lipinski definition) is 0. The van der Waals surface area contributed by atoms with Crippen LogP contribution in [0.4, 0.5) is 0 Å². The van der Waals surface area contributed by atoms with E-state index < -0.39 is 0 Å². The standard InChI is InChI=1S/C24H22N2O3S/c1-16(27)12-13-26-21(14-17-8-10-19(29-2)11-9-17)25-23-22(24(26)28)20(15-30-23)18-6-4-3-5-7-18/h3-11,15H,12-14H2,1-2H3. The lowest BCUT2D eigenvalue weighted by atomic mass is 10.1. The molecule has 0 atom stereocenters. The highest BCUT2D eigenvalue weighted by atomic mass is 32.1. The molecule has 6 heteroatoms. The van der Waals surface area contributed by atoms with Crippen molar-refractivity contribution >= 4 is 27.3 Å². The molecule has 30 heavy (non-hydrogen) atoms. The minimum absolute atomic E-state index is 0.0472. The molecule has 0 saturated carbocycles. The molecule has 5 nitrogen and oxygen atoms in total. The summed E-state index contributed by atoms with van der Waals surface area (Å²) in [7, 11) is 1.63. The number of ether oxygens (including phenoxy) is 1. The molecule has 0 aliphatic carbocycles. The number of carbonyl (C=O) groups is 1. The van der Waals surface area contributed by atoms with Gasteiger partial charge in [-0.3, -0.25) is 14.2 Å². The van der Waals surface area contributed by atoms with Crippen molar-refractivity contribution < 1.29 is 9.53 Å². The summed E-state index contributed by atoms with van der Waals surface area (Å²) in [6.45, 7) is 1.87. The molecule has 152 valence electrons. The second kappa shape index (κ2) is 8.63. The van der Waals surface area contributed by atoms with Crippen molar-refractivity contribution in [3.63, 3.8) is 0 Å². The number of carbonyl (C=O) groups excluding carboxylic acids is 1. The van der Waals surface area contributed by atoms with Crippen LogP contribution in [-0.2, 0) is 17.8 Å². The Balaban J connectivity index is 1.83. The molecule has 0 aliphatic rings. The molecule has 0 bridgehead atoms. The first-order chi connectivity index (χ1) is 14.6. The van der Waals surface area contributed by atoms with Gasteiger partial charge in [-0.2, -0.15) is 0 Å². The van der Waals surface area contributed by atoms with Gasteiger partial charge in [-0.15, -0.1) is 11.3 Å². The predicted octanol–water partition coefficient (Wildman–Crippen LogP) is 4.70. The molecule has 2 aromatic heterocycles. The number of Topliss-reactive ketones (excluding diaryl/α,β-unsaturated/α-hetero) is 1. The maximum absolute atomic E-state index is 13.5. The van der Waals surface area contributed by atoms with Crippen molar-refractivity contribution in [1.82, 2.24) is 9.55 Å². The number of hydrogen-bond acceptors (Lipinski definition) is 5. The van der Waals surface area contributed by atoms with Crippen LogP contribution in [0.3, 0.4) is 0 Å². The van der Waals surface area contributed by atoms with Crippen molar-refractivity contribution in [1.29, 1.82) is 0 Å². The minimum Gasteiger partial charge on any atom is -0.497 e. The van der Waals surface area contributed by atoms with E-state index in [9.17, 15) is 9.59 Å². The van der Waals surface area contributed by atoms with E-state index in [1.54, 1.807) is 18.6 Å². The van der Waals surface area contributed by atoms with Gasteiger partial charge < -0.3 is 4.74 Å². The summed E-state index contributed by atoms with van der Waals surface area (Å²) in [6, 6.07) is 17.6. The third kappa shape index (κ3) is 4.04. The first-order valence-electron chi connectivity index (χ1n) is 9.75. The van der Waals surface area contributed by atoms with Crippen LogP contribution in [0.15, 0.2) is 64.8 Å². The van der Waals surface area contributed by atoms with Gasteiger partial charge in [0.05, 0.1) is 12.5 Å². The molecule has 0 spiro atoms. The summed E-state index contributed by atoms with van der Waals surface area (Å²) in [6.07, 6.45) is 0.805. The quantitative estimate of drug-likeness (QED) is 0.436. The summed E-state index contributed by atoms with van der Waals surface area (Å²) in [5.41, 5.74) is 2.81. The average Bonchev–Trinajstić information content (AvgIpc) is 3.18. The molecule has 0 N–H and O–H groups in total. The number of thiophene rings is 1. The van der Waals surface area contributed by atoms with Crippen LogP contribution in [0.1, 0.15) is 24.7 Å². The fraction of sp³-hybridized carbons (Fsp3) is 0.208. The number of aromatic nitrogens is 2. The zero-order chi connectivity index (χ0) is 21.1. The van der Waals surface area contributed by atoms with E-state index in [0.717, 1.165) is 27.3 Å². The van der Waals surface area contributed by atoms with Crippen molar-refractivity contribution in [3.05, 3.63) is 81.7 Å². The molecule has 0 unspecified atom stereocenters. The Kier molecular flexibility index (Phi) is 5.77. The van der Waals surface area contributed by atoms with Gasteiger partial charge in [0.2, 0.25) is 0 Å². The molecular formula is C24H22N2O3S. The Morgan fingerprint density at radius 2 is 1.83 bits per heavy atom. The number of benzene rings is 2. The van der Waals surface area contributed by atoms with Gasteiger partial charge in [-0.25, -0.2) is 4.98 Å². The van der Waals surface area contributed by atoms with E-state index >= 15 is 0 Å². The Morgan fingerprint density at radius 3 is 2.50 bits per heavy atom. The average molecular weight is 419 g/mol. The first-order valence-corrected chi connectivity index (χ1v) is 10.6. The van der Waals surface area contributed by atoms with Gasteiger partial charge in [-0.05, 0) is 30.2 Å². The summed E-state index contributed by atoms with van der Waals surface area (Å²) in [5.74, 6) is 1.49. The Labute approximate surface area is 178 Å². The van der Waals surface area contributed by atoms with Gasteiger partial charge in [0.25, 0.3) is 5.56 Å². The zero-order valence-corrected chi connectivity index (χ0v) is 17.7. The van der Waals surface area contributed by atoms with E-state index in [1.165, 1.54) is 11.3 Å². The highest BCUT2D eigenvalue weighted by molar-refractivity contribution is 7.17. The fourth-order valence-corrected chi connectivity index (χ4v) is 4.41. The molecule has 0 aliphatic heterocycles. The van der Waals surface area contributed by atoms with Crippen LogP contribution in [0.5, 0.6) is 5.75 Å². The van der Waals surface area contributed by atoms with Gasteiger partial charge in [0.15, 0.2) is 0 Å². The number of ketones is 1. The number of fused-ring (bicyclic) bond motifs is 1. The first kappa shape index (κ1) is 20.0. The van der Waals surface area contributed by atoms with E-state index in [-0.39, 0.29) is 11.3 Å². The van der Waals surface area contributed by atoms with Gasteiger partial charge in [-0.1, -0.05) is 42.5 Å². The molecule has 2 aromatic carbocycles. The van der Waals surface area contributed by atoms with Gasteiger partial charge in [0, 0.05) is 30.3 Å². The molecule has 2 heterocycles.